The van der Waals surface area contributed by atoms with Gasteiger partial charge in [-0.1, -0.05) is 18.2 Å². The quantitative estimate of drug-likeness (QED) is 0.770. The highest BCUT2D eigenvalue weighted by Crippen LogP contribution is 2.31. The third-order valence-corrected chi connectivity index (χ3v) is 3.93. The molecule has 2 heteroatoms. The Labute approximate surface area is 96.3 Å². The predicted octanol–water partition coefficient (Wildman–Crippen LogP) is 2.25. The van der Waals surface area contributed by atoms with Crippen LogP contribution in [0, 0.1) is 0 Å². The molecule has 1 aromatic carbocycles. The number of aromatic nitrogens is 1. The van der Waals surface area contributed by atoms with Crippen LogP contribution in [0.1, 0.15) is 17.7 Å². The lowest BCUT2D eigenvalue weighted by Gasteiger charge is -2.23. The average molecular weight is 214 g/mol. The molecule has 1 aliphatic carbocycles. The topological polar surface area (TPSA) is 17.0 Å². The maximum Gasteiger partial charge on any atom is 0.0482 e. The number of nitrogens with zero attached hydrogens (tertiary/aromatic N) is 1. The summed E-state index contributed by atoms with van der Waals surface area (Å²) in [4.78, 5) is 0. The molecule has 0 bridgehead atoms. The van der Waals surface area contributed by atoms with Crippen molar-refractivity contribution in [2.45, 2.75) is 25.3 Å². The van der Waals surface area contributed by atoms with Gasteiger partial charge in [0, 0.05) is 36.1 Å². The maximum atomic E-state index is 3.40. The van der Waals surface area contributed by atoms with Crippen molar-refractivity contribution in [2.75, 3.05) is 7.05 Å². The van der Waals surface area contributed by atoms with Crippen LogP contribution in [0.3, 0.4) is 0 Å². The molecule has 3 rings (SSSR count). The highest BCUT2D eigenvalue weighted by molar-refractivity contribution is 5.85. The molecule has 16 heavy (non-hydrogen) atoms. The van der Waals surface area contributed by atoms with E-state index in [4.69, 9.17) is 0 Å². The van der Waals surface area contributed by atoms with Crippen molar-refractivity contribution in [2.24, 2.45) is 7.05 Å². The second-order valence-corrected chi connectivity index (χ2v) is 4.73. The van der Waals surface area contributed by atoms with Crippen LogP contribution in [0.2, 0.25) is 0 Å². The molecular weight excluding hydrogens is 196 g/mol. The third kappa shape index (κ3) is 1.30. The number of fused-ring (bicyclic) bond motifs is 3. The fraction of sp³-hybridized carbons (Fsp3) is 0.429. The molecule has 1 N–H and O–H groups in total. The van der Waals surface area contributed by atoms with Crippen molar-refractivity contribution in [3.63, 3.8) is 0 Å². The van der Waals surface area contributed by atoms with E-state index in [1.807, 2.05) is 0 Å². The molecule has 1 atom stereocenters. The Hall–Kier alpha value is -1.28. The Morgan fingerprint density at radius 3 is 2.94 bits per heavy atom. The summed E-state index contributed by atoms with van der Waals surface area (Å²) in [6, 6.07) is 9.40. The van der Waals surface area contributed by atoms with Crippen molar-refractivity contribution < 1.29 is 0 Å². The summed E-state index contributed by atoms with van der Waals surface area (Å²) in [5.41, 5.74) is 4.47. The molecule has 2 aromatic rings. The molecule has 1 aliphatic rings. The number of hydrogen-bond donors (Lipinski definition) is 1. The smallest absolute Gasteiger partial charge is 0.0482 e. The van der Waals surface area contributed by atoms with Gasteiger partial charge in [0.1, 0.15) is 0 Å². The number of rotatable bonds is 1. The minimum absolute atomic E-state index is 0.649. The van der Waals surface area contributed by atoms with Crippen LogP contribution in [-0.2, 0) is 19.9 Å². The lowest BCUT2D eigenvalue weighted by molar-refractivity contribution is 0.485. The van der Waals surface area contributed by atoms with Crippen LogP contribution in [-0.4, -0.2) is 17.7 Å². The Kier molecular flexibility index (Phi) is 2.25. The van der Waals surface area contributed by atoms with Crippen LogP contribution in [0.15, 0.2) is 24.3 Å². The molecule has 1 aromatic heterocycles. The van der Waals surface area contributed by atoms with E-state index in [2.05, 4.69) is 48.2 Å². The standard InChI is InChI=1S/C14H18N2/c1-15-10-7-8-12-11-5-3-4-6-13(11)16(2)14(12)9-10/h3-6,10,15H,7-9H2,1-2H3. The van der Waals surface area contributed by atoms with Crippen molar-refractivity contribution >= 4 is 10.9 Å². The summed E-state index contributed by atoms with van der Waals surface area (Å²) in [5, 5.41) is 4.86. The first-order valence-corrected chi connectivity index (χ1v) is 6.03. The highest BCUT2D eigenvalue weighted by Gasteiger charge is 2.22. The molecule has 0 saturated heterocycles. The Bertz CT molecular complexity index is 525. The van der Waals surface area contributed by atoms with E-state index in [0.717, 1.165) is 6.42 Å². The summed E-state index contributed by atoms with van der Waals surface area (Å²) >= 11 is 0. The molecule has 2 nitrogen and oxygen atoms in total. The van der Waals surface area contributed by atoms with Gasteiger partial charge in [0.05, 0.1) is 0 Å². The Balaban J connectivity index is 2.20. The van der Waals surface area contributed by atoms with E-state index in [-0.39, 0.29) is 0 Å². The van der Waals surface area contributed by atoms with Gasteiger partial charge in [0.25, 0.3) is 0 Å². The normalized spacial score (nSPS) is 20.0. The van der Waals surface area contributed by atoms with Crippen molar-refractivity contribution in [1.82, 2.24) is 9.88 Å². The molecule has 0 fully saturated rings. The molecule has 0 radical (unpaired) electrons. The lowest BCUT2D eigenvalue weighted by Crippen LogP contribution is -2.32. The number of hydrogen-bond acceptors (Lipinski definition) is 1. The lowest BCUT2D eigenvalue weighted by atomic mass is 9.92. The van der Waals surface area contributed by atoms with Gasteiger partial charge in [-0.15, -0.1) is 0 Å². The van der Waals surface area contributed by atoms with Gasteiger partial charge in [0.2, 0.25) is 0 Å². The van der Waals surface area contributed by atoms with Gasteiger partial charge in [-0.3, -0.25) is 0 Å². The number of likely N-dealkylation sites (N-methyl/N-ethyl adjacent to an activating group) is 1. The fourth-order valence-corrected chi connectivity index (χ4v) is 2.96. The van der Waals surface area contributed by atoms with Crippen LogP contribution in [0.25, 0.3) is 10.9 Å². The second kappa shape index (κ2) is 3.63. The molecule has 0 aliphatic heterocycles. The molecular formula is C14H18N2. The van der Waals surface area contributed by atoms with E-state index in [1.165, 1.54) is 29.4 Å². The van der Waals surface area contributed by atoms with Crippen LogP contribution >= 0.6 is 0 Å². The number of aryl methyl sites for hydroxylation is 2. The monoisotopic (exact) mass is 214 g/mol. The van der Waals surface area contributed by atoms with Crippen LogP contribution in [0.4, 0.5) is 0 Å². The molecule has 0 spiro atoms. The van der Waals surface area contributed by atoms with Crippen molar-refractivity contribution in [3.8, 4) is 0 Å². The first-order valence-electron chi connectivity index (χ1n) is 6.03. The fourth-order valence-electron chi connectivity index (χ4n) is 2.96. The summed E-state index contributed by atoms with van der Waals surface area (Å²) in [6.45, 7) is 0. The molecule has 1 heterocycles. The summed E-state index contributed by atoms with van der Waals surface area (Å²) < 4.78 is 2.37. The van der Waals surface area contributed by atoms with Gasteiger partial charge < -0.3 is 9.88 Å². The minimum atomic E-state index is 0.649. The van der Waals surface area contributed by atoms with E-state index in [9.17, 15) is 0 Å². The average Bonchev–Trinajstić information content (AvgIpc) is 2.64. The first kappa shape index (κ1) is 9.91. The zero-order chi connectivity index (χ0) is 11.1. The number of nitrogens with one attached hydrogen (secondary N) is 1. The molecule has 84 valence electrons. The van der Waals surface area contributed by atoms with E-state index in [0.29, 0.717) is 6.04 Å². The van der Waals surface area contributed by atoms with Crippen LogP contribution in [0.5, 0.6) is 0 Å². The maximum absolute atomic E-state index is 3.40. The van der Waals surface area contributed by atoms with Gasteiger partial charge >= 0.3 is 0 Å². The van der Waals surface area contributed by atoms with E-state index in [1.54, 1.807) is 5.56 Å². The van der Waals surface area contributed by atoms with Gasteiger partial charge in [-0.2, -0.15) is 0 Å². The zero-order valence-corrected chi connectivity index (χ0v) is 9.96. The van der Waals surface area contributed by atoms with Crippen molar-refractivity contribution in [3.05, 3.63) is 35.5 Å². The predicted molar refractivity (Wildman–Crippen MR) is 67.8 cm³/mol. The van der Waals surface area contributed by atoms with Crippen molar-refractivity contribution in [1.29, 1.82) is 0 Å². The highest BCUT2D eigenvalue weighted by atomic mass is 15.0. The Morgan fingerprint density at radius 1 is 1.31 bits per heavy atom. The Morgan fingerprint density at radius 2 is 2.12 bits per heavy atom. The zero-order valence-electron chi connectivity index (χ0n) is 9.96. The van der Waals surface area contributed by atoms with Crippen LogP contribution < -0.4 is 5.32 Å². The number of para-hydroxylation sites is 1. The van der Waals surface area contributed by atoms with E-state index >= 15 is 0 Å². The summed E-state index contributed by atoms with van der Waals surface area (Å²) in [6.07, 6.45) is 3.64. The second-order valence-electron chi connectivity index (χ2n) is 4.73. The summed E-state index contributed by atoms with van der Waals surface area (Å²) in [7, 11) is 4.26. The largest absolute Gasteiger partial charge is 0.347 e. The van der Waals surface area contributed by atoms with Gasteiger partial charge in [-0.25, -0.2) is 0 Å². The van der Waals surface area contributed by atoms with Gasteiger partial charge in [-0.05, 0) is 31.5 Å². The molecule has 0 saturated carbocycles. The molecule has 0 amide bonds. The summed E-state index contributed by atoms with van der Waals surface area (Å²) in [5.74, 6) is 0. The van der Waals surface area contributed by atoms with E-state index < -0.39 is 0 Å². The molecule has 1 unspecified atom stereocenters. The SMILES string of the molecule is CNC1CCc2c(n(C)c3ccccc23)C1. The number of benzene rings is 1. The minimum Gasteiger partial charge on any atom is -0.347 e. The third-order valence-electron chi connectivity index (χ3n) is 3.93. The first-order chi connectivity index (χ1) is 7.81. The van der Waals surface area contributed by atoms with Gasteiger partial charge in [0.15, 0.2) is 0 Å².